The summed E-state index contributed by atoms with van der Waals surface area (Å²) in [5, 5.41) is 17.2. The Labute approximate surface area is 161 Å². The second-order valence-corrected chi connectivity index (χ2v) is 7.20. The normalized spacial score (nSPS) is 15.9. The van der Waals surface area contributed by atoms with E-state index in [4.69, 9.17) is 4.52 Å². The van der Waals surface area contributed by atoms with Crippen LogP contribution in [-0.4, -0.2) is 27.1 Å². The van der Waals surface area contributed by atoms with Crippen LogP contribution in [0.25, 0.3) is 11.1 Å². The fourth-order valence-corrected chi connectivity index (χ4v) is 3.56. The van der Waals surface area contributed by atoms with E-state index in [1.54, 1.807) is 44.2 Å². The summed E-state index contributed by atoms with van der Waals surface area (Å²) in [6.07, 6.45) is 2.24. The van der Waals surface area contributed by atoms with Crippen LogP contribution >= 0.6 is 0 Å². The monoisotopic (exact) mass is 379 g/mol. The van der Waals surface area contributed by atoms with Gasteiger partial charge in [-0.3, -0.25) is 4.79 Å². The minimum absolute atomic E-state index is 0.199. The van der Waals surface area contributed by atoms with Gasteiger partial charge in [0.05, 0.1) is 16.6 Å². The summed E-state index contributed by atoms with van der Waals surface area (Å²) in [6, 6.07) is 10.5. The van der Waals surface area contributed by atoms with Crippen molar-refractivity contribution < 1.29 is 19.2 Å². The number of hydrogen-bond acceptors (Lipinski definition) is 5. The summed E-state index contributed by atoms with van der Waals surface area (Å²) >= 11 is 0. The predicted molar refractivity (Wildman–Crippen MR) is 102 cm³/mol. The maximum Gasteiger partial charge on any atom is 0.334 e. The van der Waals surface area contributed by atoms with E-state index in [1.807, 2.05) is 6.07 Å². The van der Waals surface area contributed by atoms with Crippen molar-refractivity contribution >= 4 is 23.0 Å². The third-order valence-electron chi connectivity index (χ3n) is 5.37. The topological polar surface area (TPSA) is 105 Å². The Kier molecular flexibility index (Phi) is 4.37. The van der Waals surface area contributed by atoms with Crippen LogP contribution in [0.5, 0.6) is 0 Å². The molecule has 2 aromatic heterocycles. The highest BCUT2D eigenvalue weighted by atomic mass is 16.5. The molecule has 1 unspecified atom stereocenters. The third-order valence-corrected chi connectivity index (χ3v) is 5.37. The zero-order chi connectivity index (χ0) is 19.9. The minimum Gasteiger partial charge on any atom is -0.479 e. The highest BCUT2D eigenvalue weighted by molar-refractivity contribution is 6.07. The number of nitrogens with zero attached hydrogens (tertiary/aromatic N) is 2. The first-order chi connectivity index (χ1) is 13.5. The van der Waals surface area contributed by atoms with Gasteiger partial charge in [0.2, 0.25) is 0 Å². The van der Waals surface area contributed by atoms with Crippen molar-refractivity contribution in [2.45, 2.75) is 44.6 Å². The van der Waals surface area contributed by atoms with Crippen molar-refractivity contribution in [1.82, 2.24) is 15.5 Å². The van der Waals surface area contributed by atoms with Gasteiger partial charge in [-0.05, 0) is 37.8 Å². The van der Waals surface area contributed by atoms with Crippen molar-refractivity contribution in [2.75, 3.05) is 0 Å². The number of rotatable bonds is 6. The predicted octanol–water partition coefficient (Wildman–Crippen LogP) is 3.53. The average Bonchev–Trinajstić information content (AvgIpc) is 3.49. The van der Waals surface area contributed by atoms with Gasteiger partial charge in [0.1, 0.15) is 0 Å². The zero-order valence-electron chi connectivity index (χ0n) is 15.7. The van der Waals surface area contributed by atoms with Crippen LogP contribution in [0.4, 0.5) is 0 Å². The Balaban J connectivity index is 1.80. The molecule has 1 aliphatic rings. The molecule has 1 saturated carbocycles. The van der Waals surface area contributed by atoms with E-state index in [1.165, 1.54) is 0 Å². The summed E-state index contributed by atoms with van der Waals surface area (Å²) in [7, 11) is 0. The smallest absolute Gasteiger partial charge is 0.334 e. The number of aryl methyl sites for hydroxylation is 1. The second kappa shape index (κ2) is 6.74. The number of carboxylic acid groups (broad SMARTS) is 1. The largest absolute Gasteiger partial charge is 0.479 e. The Morgan fingerprint density at radius 2 is 2.00 bits per heavy atom. The lowest BCUT2D eigenvalue weighted by Gasteiger charge is -2.30. The molecule has 1 aromatic carbocycles. The number of benzene rings is 1. The lowest BCUT2D eigenvalue weighted by atomic mass is 9.86. The molecule has 0 spiro atoms. The lowest BCUT2D eigenvalue weighted by molar-refractivity contribution is -0.145. The molecule has 7 heteroatoms. The molecule has 2 N–H and O–H groups in total. The second-order valence-electron chi connectivity index (χ2n) is 7.20. The van der Waals surface area contributed by atoms with Crippen LogP contribution in [0.15, 0.2) is 40.9 Å². The van der Waals surface area contributed by atoms with E-state index >= 15 is 0 Å². The summed E-state index contributed by atoms with van der Waals surface area (Å²) in [4.78, 5) is 30.0. The molecule has 2 heterocycles. The number of pyridine rings is 1. The van der Waals surface area contributed by atoms with Crippen molar-refractivity contribution in [3.05, 3.63) is 58.9 Å². The number of carboxylic acids is 1. The fourth-order valence-electron chi connectivity index (χ4n) is 3.56. The SMILES string of the molecule is CCC(NC(=O)c1cc(C2CC2)nc2onc(C)c12)(C(=O)O)c1ccccc1. The molecule has 0 saturated heterocycles. The molecule has 144 valence electrons. The van der Waals surface area contributed by atoms with Crippen LogP contribution in [0.2, 0.25) is 0 Å². The maximum absolute atomic E-state index is 13.3. The fraction of sp³-hybridized carbons (Fsp3) is 0.333. The van der Waals surface area contributed by atoms with Gasteiger partial charge in [-0.1, -0.05) is 42.4 Å². The molecule has 0 radical (unpaired) electrons. The molecule has 4 rings (SSSR count). The van der Waals surface area contributed by atoms with Gasteiger partial charge >= 0.3 is 5.97 Å². The minimum atomic E-state index is -1.53. The molecule has 3 aromatic rings. The van der Waals surface area contributed by atoms with Gasteiger partial charge in [-0.2, -0.15) is 0 Å². The maximum atomic E-state index is 13.3. The van der Waals surface area contributed by atoms with E-state index in [2.05, 4.69) is 15.5 Å². The van der Waals surface area contributed by atoms with E-state index in [-0.39, 0.29) is 6.42 Å². The van der Waals surface area contributed by atoms with E-state index < -0.39 is 17.4 Å². The summed E-state index contributed by atoms with van der Waals surface area (Å²) in [5.41, 5.74) is 0.981. The summed E-state index contributed by atoms with van der Waals surface area (Å²) in [5.74, 6) is -1.27. The highest BCUT2D eigenvalue weighted by Crippen LogP contribution is 2.40. The molecular formula is C21H21N3O4. The first-order valence-electron chi connectivity index (χ1n) is 9.34. The molecule has 1 fully saturated rings. The summed E-state index contributed by atoms with van der Waals surface area (Å²) < 4.78 is 5.29. The van der Waals surface area contributed by atoms with Gasteiger partial charge < -0.3 is 14.9 Å². The lowest BCUT2D eigenvalue weighted by Crippen LogP contribution is -2.51. The van der Waals surface area contributed by atoms with Crippen molar-refractivity contribution in [1.29, 1.82) is 0 Å². The Hall–Kier alpha value is -3.22. The quantitative estimate of drug-likeness (QED) is 0.679. The molecule has 7 nitrogen and oxygen atoms in total. The van der Waals surface area contributed by atoms with Gasteiger partial charge in [-0.15, -0.1) is 0 Å². The number of carbonyl (C=O) groups excluding carboxylic acids is 1. The van der Waals surface area contributed by atoms with Gasteiger partial charge in [0, 0.05) is 11.6 Å². The number of aromatic nitrogens is 2. The highest BCUT2D eigenvalue weighted by Gasteiger charge is 2.41. The number of carbonyl (C=O) groups is 2. The Morgan fingerprint density at radius 1 is 1.29 bits per heavy atom. The van der Waals surface area contributed by atoms with Crippen molar-refractivity contribution in [3.8, 4) is 0 Å². The Bertz CT molecular complexity index is 1060. The molecule has 0 bridgehead atoms. The van der Waals surface area contributed by atoms with Crippen LogP contribution in [-0.2, 0) is 10.3 Å². The molecule has 1 aliphatic carbocycles. The first kappa shape index (κ1) is 18.2. The Morgan fingerprint density at radius 3 is 2.61 bits per heavy atom. The molecule has 0 aliphatic heterocycles. The van der Waals surface area contributed by atoms with Crippen LogP contribution in [0.3, 0.4) is 0 Å². The first-order valence-corrected chi connectivity index (χ1v) is 9.34. The number of amides is 1. The molecule has 1 atom stereocenters. The molecule has 28 heavy (non-hydrogen) atoms. The van der Waals surface area contributed by atoms with E-state index in [0.717, 1.165) is 18.5 Å². The van der Waals surface area contributed by atoms with Crippen LogP contribution < -0.4 is 5.32 Å². The van der Waals surface area contributed by atoms with Crippen molar-refractivity contribution in [3.63, 3.8) is 0 Å². The average molecular weight is 379 g/mol. The molecule has 1 amide bonds. The van der Waals surface area contributed by atoms with Crippen molar-refractivity contribution in [2.24, 2.45) is 0 Å². The van der Waals surface area contributed by atoms with Crippen LogP contribution in [0.1, 0.15) is 59.4 Å². The van der Waals surface area contributed by atoms with Crippen LogP contribution in [0, 0.1) is 6.92 Å². The van der Waals surface area contributed by atoms with E-state index in [9.17, 15) is 14.7 Å². The summed E-state index contributed by atoms with van der Waals surface area (Å²) in [6.45, 7) is 3.48. The number of nitrogens with one attached hydrogen (secondary N) is 1. The van der Waals surface area contributed by atoms with Gasteiger partial charge in [0.15, 0.2) is 5.54 Å². The number of hydrogen-bond donors (Lipinski definition) is 2. The number of fused-ring (bicyclic) bond motifs is 1. The molecular weight excluding hydrogens is 358 g/mol. The van der Waals surface area contributed by atoms with Gasteiger partial charge in [0.25, 0.3) is 11.6 Å². The number of aliphatic carboxylic acids is 1. The zero-order valence-corrected chi connectivity index (χ0v) is 15.7. The standard InChI is InChI=1S/C21H21N3O4/c1-3-21(20(26)27,14-7-5-4-6-8-14)23-18(25)15-11-16(13-9-10-13)22-19-17(15)12(2)24-28-19/h4-8,11,13H,3,9-10H2,1-2H3,(H,23,25)(H,26,27). The van der Waals surface area contributed by atoms with E-state index in [0.29, 0.717) is 33.8 Å². The van der Waals surface area contributed by atoms with Gasteiger partial charge in [-0.25, -0.2) is 9.78 Å². The third kappa shape index (κ3) is 2.93.